The van der Waals surface area contributed by atoms with Crippen molar-refractivity contribution in [1.29, 1.82) is 0 Å². The summed E-state index contributed by atoms with van der Waals surface area (Å²) in [4.78, 5) is 23.0. The van der Waals surface area contributed by atoms with Crippen LogP contribution in [0.2, 0.25) is 0 Å². The van der Waals surface area contributed by atoms with E-state index in [1.807, 2.05) is 57.7 Å². The second kappa shape index (κ2) is 9.62. The second-order valence-electron chi connectivity index (χ2n) is 9.22. The molecule has 1 aliphatic rings. The van der Waals surface area contributed by atoms with Crippen molar-refractivity contribution in [2.45, 2.75) is 47.3 Å². The molecule has 8 heteroatoms. The Bertz CT molecular complexity index is 1360. The van der Waals surface area contributed by atoms with Gasteiger partial charge in [-0.15, -0.1) is 0 Å². The van der Waals surface area contributed by atoms with E-state index in [-0.39, 0.29) is 5.91 Å². The molecule has 0 spiro atoms. The number of carbonyl (C=O) groups is 1. The van der Waals surface area contributed by atoms with E-state index in [9.17, 15) is 4.79 Å². The summed E-state index contributed by atoms with van der Waals surface area (Å²) in [5, 5.41) is 10.0. The molecule has 0 N–H and O–H groups in total. The number of para-hydroxylation sites is 1. The molecular formula is C27H33N7O. The first-order chi connectivity index (χ1) is 17.0. The van der Waals surface area contributed by atoms with Crippen molar-refractivity contribution in [3.8, 4) is 11.3 Å². The number of hydrogen-bond donors (Lipinski definition) is 0. The van der Waals surface area contributed by atoms with Gasteiger partial charge in [0.15, 0.2) is 0 Å². The molecule has 1 fully saturated rings. The lowest BCUT2D eigenvalue weighted by atomic mass is 10.0. The van der Waals surface area contributed by atoms with E-state index >= 15 is 0 Å². The number of benzene rings is 1. The average molecular weight is 472 g/mol. The molecule has 4 aromatic rings. The fraction of sp³-hybridized carbons (Fsp3) is 0.407. The van der Waals surface area contributed by atoms with Gasteiger partial charge in [0.05, 0.1) is 28.2 Å². The first-order valence-corrected chi connectivity index (χ1v) is 12.5. The number of fused-ring (bicyclic) bond motifs is 1. The quantitative estimate of drug-likeness (QED) is 0.426. The van der Waals surface area contributed by atoms with Gasteiger partial charge in [0, 0.05) is 74.7 Å². The summed E-state index contributed by atoms with van der Waals surface area (Å²) in [5.41, 5.74) is 6.58. The number of carbonyl (C=O) groups excluding carboxylic acids is 1. The summed E-state index contributed by atoms with van der Waals surface area (Å²) in [6, 6.07) is 9.86. The molecule has 1 aliphatic heterocycles. The van der Waals surface area contributed by atoms with Gasteiger partial charge in [0.25, 0.3) is 5.91 Å². The third-order valence-electron chi connectivity index (χ3n) is 6.92. The van der Waals surface area contributed by atoms with E-state index in [4.69, 9.17) is 4.98 Å². The van der Waals surface area contributed by atoms with Gasteiger partial charge in [-0.2, -0.15) is 10.2 Å². The SMILES string of the molecule is CCn1cc(CN2CCN(C(=O)c3cc(-c4cn(CC)nc4C)nc4ccccc34)CC2)c(C)n1. The van der Waals surface area contributed by atoms with Crippen LogP contribution in [-0.4, -0.2) is 66.4 Å². The highest BCUT2D eigenvalue weighted by Crippen LogP contribution is 2.28. The number of pyridine rings is 1. The molecule has 0 saturated carbocycles. The molecule has 0 aliphatic carbocycles. The van der Waals surface area contributed by atoms with Crippen molar-refractivity contribution in [3.63, 3.8) is 0 Å². The van der Waals surface area contributed by atoms with Gasteiger partial charge in [0.2, 0.25) is 0 Å². The summed E-state index contributed by atoms with van der Waals surface area (Å²) in [5.74, 6) is 0.0695. The van der Waals surface area contributed by atoms with Gasteiger partial charge in [-0.05, 0) is 39.8 Å². The smallest absolute Gasteiger partial charge is 0.254 e. The Morgan fingerprint density at radius 2 is 1.60 bits per heavy atom. The van der Waals surface area contributed by atoms with Crippen LogP contribution in [0.4, 0.5) is 0 Å². The largest absolute Gasteiger partial charge is 0.336 e. The number of aromatic nitrogens is 5. The van der Waals surface area contributed by atoms with Crippen molar-refractivity contribution in [2.24, 2.45) is 0 Å². The van der Waals surface area contributed by atoms with E-state index in [1.54, 1.807) is 0 Å². The average Bonchev–Trinajstić information content (AvgIpc) is 3.44. The number of hydrogen-bond acceptors (Lipinski definition) is 5. The number of aryl methyl sites for hydroxylation is 4. The van der Waals surface area contributed by atoms with Gasteiger partial charge in [0.1, 0.15) is 0 Å². The van der Waals surface area contributed by atoms with Crippen LogP contribution >= 0.6 is 0 Å². The minimum Gasteiger partial charge on any atom is -0.336 e. The zero-order valence-corrected chi connectivity index (χ0v) is 21.0. The Labute approximate surface area is 206 Å². The van der Waals surface area contributed by atoms with Crippen LogP contribution in [0.25, 0.3) is 22.2 Å². The van der Waals surface area contributed by atoms with Crippen LogP contribution in [0, 0.1) is 13.8 Å². The summed E-state index contributed by atoms with van der Waals surface area (Å²) in [6.45, 7) is 13.9. The minimum absolute atomic E-state index is 0.0695. The molecule has 3 aromatic heterocycles. The third-order valence-corrected chi connectivity index (χ3v) is 6.92. The zero-order chi connectivity index (χ0) is 24.5. The Balaban J connectivity index is 1.38. The Kier molecular flexibility index (Phi) is 6.38. The van der Waals surface area contributed by atoms with Gasteiger partial charge in [-0.1, -0.05) is 18.2 Å². The Morgan fingerprint density at radius 3 is 2.29 bits per heavy atom. The number of piperazine rings is 1. The number of nitrogens with zero attached hydrogens (tertiary/aromatic N) is 7. The van der Waals surface area contributed by atoms with Crippen molar-refractivity contribution in [2.75, 3.05) is 26.2 Å². The fourth-order valence-electron chi connectivity index (χ4n) is 4.82. The van der Waals surface area contributed by atoms with E-state index in [0.29, 0.717) is 18.7 Å². The molecule has 4 heterocycles. The molecular weight excluding hydrogens is 438 g/mol. The minimum atomic E-state index is 0.0695. The molecule has 1 saturated heterocycles. The van der Waals surface area contributed by atoms with Gasteiger partial charge >= 0.3 is 0 Å². The molecule has 0 bridgehead atoms. The van der Waals surface area contributed by atoms with Crippen molar-refractivity contribution < 1.29 is 4.79 Å². The molecule has 35 heavy (non-hydrogen) atoms. The summed E-state index contributed by atoms with van der Waals surface area (Å²) < 4.78 is 3.90. The van der Waals surface area contributed by atoms with Crippen LogP contribution in [0.3, 0.4) is 0 Å². The molecule has 0 atom stereocenters. The highest BCUT2D eigenvalue weighted by molar-refractivity contribution is 6.07. The van der Waals surface area contributed by atoms with Crippen LogP contribution in [-0.2, 0) is 19.6 Å². The van der Waals surface area contributed by atoms with E-state index < -0.39 is 0 Å². The van der Waals surface area contributed by atoms with E-state index in [2.05, 4.69) is 42.1 Å². The van der Waals surface area contributed by atoms with Crippen molar-refractivity contribution in [1.82, 2.24) is 34.3 Å². The van der Waals surface area contributed by atoms with Gasteiger partial charge < -0.3 is 4.90 Å². The first kappa shape index (κ1) is 23.2. The first-order valence-electron chi connectivity index (χ1n) is 12.5. The predicted molar refractivity (Wildman–Crippen MR) is 137 cm³/mol. The summed E-state index contributed by atoms with van der Waals surface area (Å²) in [7, 11) is 0. The maximum absolute atomic E-state index is 13.8. The highest BCUT2D eigenvalue weighted by atomic mass is 16.2. The van der Waals surface area contributed by atoms with Gasteiger partial charge in [-0.3, -0.25) is 19.1 Å². The van der Waals surface area contributed by atoms with E-state index in [0.717, 1.165) is 66.3 Å². The summed E-state index contributed by atoms with van der Waals surface area (Å²) >= 11 is 0. The fourth-order valence-corrected chi connectivity index (χ4v) is 4.82. The number of rotatable bonds is 6. The monoisotopic (exact) mass is 471 g/mol. The zero-order valence-electron chi connectivity index (χ0n) is 21.0. The Hall–Kier alpha value is -3.52. The second-order valence-corrected chi connectivity index (χ2v) is 9.22. The third kappa shape index (κ3) is 4.58. The molecule has 0 radical (unpaired) electrons. The van der Waals surface area contributed by atoms with Gasteiger partial charge in [-0.25, -0.2) is 4.98 Å². The lowest BCUT2D eigenvalue weighted by Gasteiger charge is -2.35. The van der Waals surface area contributed by atoms with Crippen molar-refractivity contribution in [3.05, 3.63) is 65.2 Å². The molecule has 5 rings (SSSR count). The maximum Gasteiger partial charge on any atom is 0.254 e. The topological polar surface area (TPSA) is 72.1 Å². The molecule has 182 valence electrons. The molecule has 0 unspecified atom stereocenters. The lowest BCUT2D eigenvalue weighted by molar-refractivity contribution is 0.0630. The van der Waals surface area contributed by atoms with Crippen LogP contribution in [0.15, 0.2) is 42.7 Å². The number of amides is 1. The molecule has 1 aromatic carbocycles. The molecule has 8 nitrogen and oxygen atoms in total. The van der Waals surface area contributed by atoms with Crippen LogP contribution in [0.1, 0.15) is 41.2 Å². The normalized spacial score (nSPS) is 14.7. The summed E-state index contributed by atoms with van der Waals surface area (Å²) in [6.07, 6.45) is 4.16. The van der Waals surface area contributed by atoms with Crippen LogP contribution < -0.4 is 0 Å². The predicted octanol–water partition coefficient (Wildman–Crippen LogP) is 3.91. The maximum atomic E-state index is 13.8. The van der Waals surface area contributed by atoms with E-state index in [1.165, 1.54) is 5.56 Å². The van der Waals surface area contributed by atoms with Crippen LogP contribution in [0.5, 0.6) is 0 Å². The lowest BCUT2D eigenvalue weighted by Crippen LogP contribution is -2.48. The van der Waals surface area contributed by atoms with Crippen molar-refractivity contribution >= 4 is 16.8 Å². The standard InChI is InChI=1S/C27H33N7O/c1-5-33-17-21(19(3)29-33)16-31-11-13-32(14-12-31)27(35)23-15-26(24-18-34(6-2)30-20(24)4)28-25-10-8-7-9-22(23)25/h7-10,15,17-18H,5-6,11-14,16H2,1-4H3. The highest BCUT2D eigenvalue weighted by Gasteiger charge is 2.25. The Morgan fingerprint density at radius 1 is 0.914 bits per heavy atom. The molecule has 1 amide bonds.